The molecule has 1 unspecified atom stereocenters. The molecule has 1 atom stereocenters. The van der Waals surface area contributed by atoms with Crippen molar-refractivity contribution >= 4 is 16.8 Å². The Bertz CT molecular complexity index is 342. The second kappa shape index (κ2) is 8.01. The predicted octanol–water partition coefficient (Wildman–Crippen LogP) is 2.28. The third-order valence-corrected chi connectivity index (χ3v) is 5.78. The maximum atomic E-state index is 12.0. The molecule has 20 heavy (non-hydrogen) atoms. The maximum Gasteiger partial charge on any atom is 0.191 e. The lowest BCUT2D eigenvalue weighted by Gasteiger charge is -2.28. The highest BCUT2D eigenvalue weighted by Crippen LogP contribution is 2.23. The average Bonchev–Trinajstić information content (AvgIpc) is 2.38. The van der Waals surface area contributed by atoms with E-state index in [1.54, 1.807) is 7.05 Å². The molecule has 0 spiro atoms. The monoisotopic (exact) mass is 301 g/mol. The van der Waals surface area contributed by atoms with Gasteiger partial charge < -0.3 is 10.6 Å². The van der Waals surface area contributed by atoms with Crippen molar-refractivity contribution in [1.29, 1.82) is 0 Å². The number of guanidine groups is 1. The van der Waals surface area contributed by atoms with Crippen LogP contribution in [0.5, 0.6) is 0 Å². The van der Waals surface area contributed by atoms with Gasteiger partial charge in [-0.15, -0.1) is 0 Å². The summed E-state index contributed by atoms with van der Waals surface area (Å²) in [7, 11) is 0.981. The van der Waals surface area contributed by atoms with Gasteiger partial charge in [0, 0.05) is 40.9 Å². The zero-order valence-electron chi connectivity index (χ0n) is 13.7. The van der Waals surface area contributed by atoms with Crippen LogP contribution in [0, 0.1) is 5.92 Å². The highest BCUT2D eigenvalue weighted by molar-refractivity contribution is 7.86. The third-order valence-electron chi connectivity index (χ3n) is 3.84. The van der Waals surface area contributed by atoms with Crippen LogP contribution in [-0.2, 0) is 10.8 Å². The predicted molar refractivity (Wildman–Crippen MR) is 88.7 cm³/mol. The van der Waals surface area contributed by atoms with E-state index in [1.807, 2.05) is 20.8 Å². The zero-order chi connectivity index (χ0) is 15.2. The van der Waals surface area contributed by atoms with Crippen molar-refractivity contribution in [3.05, 3.63) is 0 Å². The summed E-state index contributed by atoms with van der Waals surface area (Å²) in [6.07, 6.45) is 5.02. The topological polar surface area (TPSA) is 53.5 Å². The van der Waals surface area contributed by atoms with Gasteiger partial charge in [0.25, 0.3) is 0 Å². The lowest BCUT2D eigenvalue weighted by Crippen LogP contribution is -2.46. The van der Waals surface area contributed by atoms with Crippen LogP contribution in [0.3, 0.4) is 0 Å². The molecular formula is C15H31N3OS. The van der Waals surface area contributed by atoms with Gasteiger partial charge in [0.15, 0.2) is 5.96 Å². The number of hydrogen-bond acceptors (Lipinski definition) is 2. The van der Waals surface area contributed by atoms with Gasteiger partial charge in [-0.3, -0.25) is 9.20 Å². The fraction of sp³-hybridized carbons (Fsp3) is 0.933. The van der Waals surface area contributed by atoms with Gasteiger partial charge in [-0.1, -0.05) is 6.92 Å². The first-order chi connectivity index (χ1) is 9.32. The van der Waals surface area contributed by atoms with E-state index in [1.165, 1.54) is 25.7 Å². The zero-order valence-corrected chi connectivity index (χ0v) is 14.5. The molecule has 2 N–H and O–H groups in total. The lowest BCUT2D eigenvalue weighted by molar-refractivity contribution is 0.329. The van der Waals surface area contributed by atoms with Crippen molar-refractivity contribution in [2.45, 2.75) is 64.2 Å². The van der Waals surface area contributed by atoms with E-state index in [4.69, 9.17) is 0 Å². The summed E-state index contributed by atoms with van der Waals surface area (Å²) in [4.78, 5) is 4.26. The summed E-state index contributed by atoms with van der Waals surface area (Å²) in [6.45, 7) is 9.07. The molecule has 0 aromatic carbocycles. The Morgan fingerprint density at radius 3 is 2.35 bits per heavy atom. The molecule has 118 valence electrons. The molecule has 0 aliphatic heterocycles. The van der Waals surface area contributed by atoms with Gasteiger partial charge in [0.1, 0.15) is 0 Å². The van der Waals surface area contributed by atoms with E-state index in [-0.39, 0.29) is 4.75 Å². The Kier molecular flexibility index (Phi) is 7.00. The van der Waals surface area contributed by atoms with E-state index in [2.05, 4.69) is 22.5 Å². The van der Waals surface area contributed by atoms with Gasteiger partial charge in [0.05, 0.1) is 0 Å². The Hall–Kier alpha value is -0.580. The van der Waals surface area contributed by atoms with E-state index in [0.717, 1.165) is 11.9 Å². The molecule has 0 bridgehead atoms. The quantitative estimate of drug-likeness (QED) is 0.619. The first-order valence-electron chi connectivity index (χ1n) is 7.68. The molecule has 0 aromatic heterocycles. The Balaban J connectivity index is 2.29. The number of rotatable bonds is 4. The first kappa shape index (κ1) is 17.5. The number of nitrogens with one attached hydrogen (secondary N) is 2. The van der Waals surface area contributed by atoms with Crippen LogP contribution in [0.25, 0.3) is 0 Å². The molecule has 1 fully saturated rings. The van der Waals surface area contributed by atoms with Gasteiger partial charge in [-0.2, -0.15) is 0 Å². The SMILES string of the molecule is CN=C(NCCS(=O)C(C)(C)C)NC1CCC(C)CC1. The van der Waals surface area contributed by atoms with Gasteiger partial charge in [0.2, 0.25) is 0 Å². The van der Waals surface area contributed by atoms with E-state index in [0.29, 0.717) is 18.3 Å². The standard InChI is InChI=1S/C15H31N3OS/c1-12-6-8-13(9-7-12)18-14(16-5)17-10-11-20(19)15(2,3)4/h12-13H,6-11H2,1-5H3,(H2,16,17,18). The lowest BCUT2D eigenvalue weighted by atomic mass is 9.87. The van der Waals surface area contributed by atoms with E-state index < -0.39 is 10.8 Å². The smallest absolute Gasteiger partial charge is 0.191 e. The summed E-state index contributed by atoms with van der Waals surface area (Å²) in [5.74, 6) is 2.36. The molecule has 0 heterocycles. The average molecular weight is 302 g/mol. The molecular weight excluding hydrogens is 270 g/mol. The molecule has 0 aromatic rings. The van der Waals surface area contributed by atoms with Crippen LogP contribution < -0.4 is 10.6 Å². The van der Waals surface area contributed by atoms with Crippen molar-refractivity contribution in [2.75, 3.05) is 19.3 Å². The van der Waals surface area contributed by atoms with Crippen LogP contribution in [0.15, 0.2) is 4.99 Å². The Morgan fingerprint density at radius 2 is 1.85 bits per heavy atom. The van der Waals surface area contributed by atoms with E-state index >= 15 is 0 Å². The normalized spacial score (nSPS) is 26.1. The molecule has 1 aliphatic rings. The molecule has 1 aliphatic carbocycles. The summed E-state index contributed by atoms with van der Waals surface area (Å²) >= 11 is 0. The van der Waals surface area contributed by atoms with Crippen molar-refractivity contribution in [3.8, 4) is 0 Å². The van der Waals surface area contributed by atoms with Gasteiger partial charge in [-0.05, 0) is 52.4 Å². The fourth-order valence-corrected chi connectivity index (χ4v) is 3.26. The maximum absolute atomic E-state index is 12.0. The van der Waals surface area contributed by atoms with Crippen molar-refractivity contribution in [2.24, 2.45) is 10.9 Å². The number of hydrogen-bond donors (Lipinski definition) is 2. The minimum absolute atomic E-state index is 0.141. The van der Waals surface area contributed by atoms with Crippen LogP contribution in [0.2, 0.25) is 0 Å². The van der Waals surface area contributed by atoms with Crippen molar-refractivity contribution in [3.63, 3.8) is 0 Å². The number of aliphatic imine (C=N–C) groups is 1. The molecule has 0 radical (unpaired) electrons. The number of nitrogens with zero attached hydrogens (tertiary/aromatic N) is 1. The Labute approximate surface area is 126 Å². The van der Waals surface area contributed by atoms with Crippen LogP contribution in [-0.4, -0.2) is 40.3 Å². The van der Waals surface area contributed by atoms with Crippen LogP contribution in [0.4, 0.5) is 0 Å². The second-order valence-electron chi connectivity index (χ2n) is 6.76. The largest absolute Gasteiger partial charge is 0.355 e. The summed E-state index contributed by atoms with van der Waals surface area (Å²) in [5, 5.41) is 6.76. The van der Waals surface area contributed by atoms with Gasteiger partial charge in [-0.25, -0.2) is 0 Å². The summed E-state index contributed by atoms with van der Waals surface area (Å²) < 4.78 is 11.8. The molecule has 4 nitrogen and oxygen atoms in total. The minimum atomic E-state index is -0.812. The summed E-state index contributed by atoms with van der Waals surface area (Å²) in [5.41, 5.74) is 0. The van der Waals surface area contributed by atoms with Crippen LogP contribution in [0.1, 0.15) is 53.4 Å². The van der Waals surface area contributed by atoms with E-state index in [9.17, 15) is 4.21 Å². The third kappa shape index (κ3) is 6.25. The highest BCUT2D eigenvalue weighted by Gasteiger charge is 2.20. The minimum Gasteiger partial charge on any atom is -0.355 e. The fourth-order valence-electron chi connectivity index (χ4n) is 2.36. The molecule has 0 amide bonds. The molecule has 1 saturated carbocycles. The Morgan fingerprint density at radius 1 is 1.25 bits per heavy atom. The van der Waals surface area contributed by atoms with Crippen molar-refractivity contribution in [1.82, 2.24) is 10.6 Å². The summed E-state index contributed by atoms with van der Waals surface area (Å²) in [6, 6.07) is 0.533. The molecule has 5 heteroatoms. The van der Waals surface area contributed by atoms with Gasteiger partial charge >= 0.3 is 0 Å². The first-order valence-corrected chi connectivity index (χ1v) is 9.00. The van der Waals surface area contributed by atoms with Crippen molar-refractivity contribution < 1.29 is 4.21 Å². The molecule has 0 saturated heterocycles. The molecule has 1 rings (SSSR count). The highest BCUT2D eigenvalue weighted by atomic mass is 32.2. The second-order valence-corrected chi connectivity index (χ2v) is 9.09. The van der Waals surface area contributed by atoms with Crippen LogP contribution >= 0.6 is 0 Å².